The van der Waals surface area contributed by atoms with E-state index in [1.807, 2.05) is 18.2 Å². The Bertz CT molecular complexity index is 346. The minimum absolute atomic E-state index is 0.712. The molecular formula is C13H18BrNO. The Morgan fingerprint density at radius 2 is 1.88 bits per heavy atom. The lowest BCUT2D eigenvalue weighted by molar-refractivity contribution is 0.112. The van der Waals surface area contributed by atoms with Crippen LogP contribution in [0.2, 0.25) is 0 Å². The van der Waals surface area contributed by atoms with Crippen LogP contribution in [0.15, 0.2) is 22.7 Å². The smallest absolute Gasteiger partial charge is 0.150 e. The zero-order chi connectivity index (χ0) is 12.0. The van der Waals surface area contributed by atoms with Crippen LogP contribution in [-0.4, -0.2) is 19.4 Å². The Labute approximate surface area is 106 Å². The van der Waals surface area contributed by atoms with E-state index < -0.39 is 0 Å². The average molecular weight is 284 g/mol. The number of halogens is 1. The Balaban J connectivity index is 2.94. The second-order valence-corrected chi connectivity index (χ2v) is 4.67. The quantitative estimate of drug-likeness (QED) is 0.739. The van der Waals surface area contributed by atoms with Gasteiger partial charge in [-0.2, -0.15) is 0 Å². The molecule has 0 fully saturated rings. The minimum Gasteiger partial charge on any atom is -0.371 e. The van der Waals surface area contributed by atoms with Crippen LogP contribution in [0.4, 0.5) is 5.69 Å². The zero-order valence-electron chi connectivity index (χ0n) is 9.87. The monoisotopic (exact) mass is 283 g/mol. The van der Waals surface area contributed by atoms with E-state index in [-0.39, 0.29) is 0 Å². The molecule has 0 aliphatic heterocycles. The highest BCUT2D eigenvalue weighted by Gasteiger charge is 2.08. The van der Waals surface area contributed by atoms with Gasteiger partial charge in [0.25, 0.3) is 0 Å². The fourth-order valence-electron chi connectivity index (χ4n) is 1.75. The summed E-state index contributed by atoms with van der Waals surface area (Å²) >= 11 is 3.53. The van der Waals surface area contributed by atoms with Gasteiger partial charge in [0.1, 0.15) is 6.29 Å². The van der Waals surface area contributed by atoms with Crippen LogP contribution in [0.3, 0.4) is 0 Å². The molecule has 0 amide bonds. The number of carbonyl (C=O) groups is 1. The van der Waals surface area contributed by atoms with E-state index >= 15 is 0 Å². The summed E-state index contributed by atoms with van der Waals surface area (Å²) in [7, 11) is 0. The summed E-state index contributed by atoms with van der Waals surface area (Å²) in [6.45, 7) is 6.45. The first-order chi connectivity index (χ1) is 7.72. The SMILES string of the molecule is CCCN(CCC)c1ccc(C=O)cc1Br. The van der Waals surface area contributed by atoms with Crippen molar-refractivity contribution in [1.29, 1.82) is 0 Å². The number of carbonyl (C=O) groups excluding carboxylic acids is 1. The van der Waals surface area contributed by atoms with E-state index in [1.165, 1.54) is 5.69 Å². The molecule has 0 radical (unpaired) electrons. The van der Waals surface area contributed by atoms with Crippen LogP contribution >= 0.6 is 15.9 Å². The van der Waals surface area contributed by atoms with Gasteiger partial charge in [0.05, 0.1) is 5.69 Å². The van der Waals surface area contributed by atoms with Crippen molar-refractivity contribution in [3.8, 4) is 0 Å². The molecule has 0 aromatic heterocycles. The normalized spacial score (nSPS) is 10.2. The van der Waals surface area contributed by atoms with E-state index in [4.69, 9.17) is 0 Å². The van der Waals surface area contributed by atoms with Gasteiger partial charge in [0.15, 0.2) is 0 Å². The lowest BCUT2D eigenvalue weighted by Gasteiger charge is -2.25. The maximum Gasteiger partial charge on any atom is 0.150 e. The molecule has 0 heterocycles. The Kier molecular flexibility index (Phi) is 5.53. The van der Waals surface area contributed by atoms with Gasteiger partial charge in [0.2, 0.25) is 0 Å². The molecule has 0 aliphatic carbocycles. The molecule has 88 valence electrons. The van der Waals surface area contributed by atoms with Crippen LogP contribution < -0.4 is 4.90 Å². The number of hydrogen-bond donors (Lipinski definition) is 0. The molecule has 0 saturated carbocycles. The standard InChI is InChI=1S/C13H18BrNO/c1-3-7-15(8-4-2)13-6-5-11(10-16)9-12(13)14/h5-6,9-10H,3-4,7-8H2,1-2H3. The van der Waals surface area contributed by atoms with Gasteiger partial charge in [-0.05, 0) is 47.0 Å². The average Bonchev–Trinajstić information content (AvgIpc) is 2.29. The van der Waals surface area contributed by atoms with Crippen molar-refractivity contribution in [2.45, 2.75) is 26.7 Å². The summed E-state index contributed by atoms with van der Waals surface area (Å²) in [6.07, 6.45) is 3.13. The lowest BCUT2D eigenvalue weighted by Crippen LogP contribution is -2.25. The van der Waals surface area contributed by atoms with Crippen LogP contribution in [0.5, 0.6) is 0 Å². The first-order valence-corrected chi connectivity index (χ1v) is 6.51. The molecule has 0 N–H and O–H groups in total. The summed E-state index contributed by atoms with van der Waals surface area (Å²) in [6, 6.07) is 5.76. The Morgan fingerprint density at radius 3 is 2.31 bits per heavy atom. The van der Waals surface area contributed by atoms with Crippen LogP contribution in [-0.2, 0) is 0 Å². The summed E-state index contributed by atoms with van der Waals surface area (Å²) in [4.78, 5) is 13.0. The lowest BCUT2D eigenvalue weighted by atomic mass is 10.2. The fourth-order valence-corrected chi connectivity index (χ4v) is 2.39. The number of hydrogen-bond acceptors (Lipinski definition) is 2. The predicted octanol–water partition coefficient (Wildman–Crippen LogP) is 3.89. The first-order valence-electron chi connectivity index (χ1n) is 5.72. The van der Waals surface area contributed by atoms with Gasteiger partial charge in [-0.15, -0.1) is 0 Å². The van der Waals surface area contributed by atoms with E-state index in [0.29, 0.717) is 5.56 Å². The summed E-state index contributed by atoms with van der Waals surface area (Å²) in [5.74, 6) is 0. The van der Waals surface area contributed by atoms with Gasteiger partial charge < -0.3 is 4.90 Å². The van der Waals surface area contributed by atoms with E-state index in [2.05, 4.69) is 34.7 Å². The second-order valence-electron chi connectivity index (χ2n) is 3.82. The summed E-state index contributed by atoms with van der Waals surface area (Å²) in [5, 5.41) is 0. The van der Waals surface area contributed by atoms with Crippen molar-refractivity contribution in [3.05, 3.63) is 28.2 Å². The largest absolute Gasteiger partial charge is 0.371 e. The molecule has 1 rings (SSSR count). The number of aldehydes is 1. The van der Waals surface area contributed by atoms with Crippen LogP contribution in [0.25, 0.3) is 0 Å². The van der Waals surface area contributed by atoms with Crippen molar-refractivity contribution in [1.82, 2.24) is 0 Å². The van der Waals surface area contributed by atoms with Gasteiger partial charge in [-0.3, -0.25) is 4.79 Å². The summed E-state index contributed by atoms with van der Waals surface area (Å²) in [5.41, 5.74) is 1.89. The number of nitrogens with zero attached hydrogens (tertiary/aromatic N) is 1. The van der Waals surface area contributed by atoms with E-state index in [1.54, 1.807) is 0 Å². The molecule has 0 spiro atoms. The fraction of sp³-hybridized carbons (Fsp3) is 0.462. The molecule has 2 nitrogen and oxygen atoms in total. The topological polar surface area (TPSA) is 20.3 Å². The van der Waals surface area contributed by atoms with Crippen molar-refractivity contribution >= 4 is 27.9 Å². The third kappa shape index (κ3) is 3.34. The van der Waals surface area contributed by atoms with Crippen molar-refractivity contribution < 1.29 is 4.79 Å². The molecule has 1 aromatic rings. The van der Waals surface area contributed by atoms with Gasteiger partial charge in [-0.25, -0.2) is 0 Å². The molecule has 0 aliphatic rings. The Hall–Kier alpha value is -0.830. The van der Waals surface area contributed by atoms with E-state index in [0.717, 1.165) is 36.7 Å². The second kappa shape index (κ2) is 6.69. The highest BCUT2D eigenvalue weighted by atomic mass is 79.9. The highest BCUT2D eigenvalue weighted by molar-refractivity contribution is 9.10. The molecule has 0 saturated heterocycles. The van der Waals surface area contributed by atoms with Crippen LogP contribution in [0.1, 0.15) is 37.0 Å². The zero-order valence-corrected chi connectivity index (χ0v) is 11.5. The highest BCUT2D eigenvalue weighted by Crippen LogP contribution is 2.27. The Morgan fingerprint density at radius 1 is 1.25 bits per heavy atom. The molecule has 16 heavy (non-hydrogen) atoms. The maximum atomic E-state index is 10.7. The van der Waals surface area contributed by atoms with Gasteiger partial charge >= 0.3 is 0 Å². The maximum absolute atomic E-state index is 10.7. The van der Waals surface area contributed by atoms with Crippen molar-refractivity contribution in [3.63, 3.8) is 0 Å². The van der Waals surface area contributed by atoms with E-state index in [9.17, 15) is 4.79 Å². The van der Waals surface area contributed by atoms with Gasteiger partial charge in [-0.1, -0.05) is 13.8 Å². The number of rotatable bonds is 6. The van der Waals surface area contributed by atoms with Crippen molar-refractivity contribution in [2.24, 2.45) is 0 Å². The molecule has 0 unspecified atom stereocenters. The third-order valence-electron chi connectivity index (χ3n) is 2.44. The van der Waals surface area contributed by atoms with Crippen molar-refractivity contribution in [2.75, 3.05) is 18.0 Å². The molecule has 0 bridgehead atoms. The number of anilines is 1. The van der Waals surface area contributed by atoms with Gasteiger partial charge in [0, 0.05) is 23.1 Å². The molecule has 3 heteroatoms. The predicted molar refractivity (Wildman–Crippen MR) is 72.3 cm³/mol. The molecule has 1 aromatic carbocycles. The first kappa shape index (κ1) is 13.2. The van der Waals surface area contributed by atoms with Crippen LogP contribution in [0, 0.1) is 0 Å². The third-order valence-corrected chi connectivity index (χ3v) is 3.07. The minimum atomic E-state index is 0.712. The molecular weight excluding hydrogens is 266 g/mol. The summed E-state index contributed by atoms with van der Waals surface area (Å²) < 4.78 is 0.999. The molecule has 0 atom stereocenters. The number of benzene rings is 1.